The molecule has 1 N–H and O–H groups in total. The number of benzene rings is 3. The summed E-state index contributed by atoms with van der Waals surface area (Å²) in [5, 5.41) is 1.85. The maximum absolute atomic E-state index is 13.8. The van der Waals surface area contributed by atoms with E-state index in [1.54, 1.807) is 36.4 Å². The number of nitrogens with zero attached hydrogens (tertiary/aromatic N) is 1. The summed E-state index contributed by atoms with van der Waals surface area (Å²) in [6.07, 6.45) is 1.46. The fraction of sp³-hybridized carbons (Fsp3) is 0.0800. The van der Waals surface area contributed by atoms with Gasteiger partial charge in [0.2, 0.25) is 5.91 Å². The summed E-state index contributed by atoms with van der Waals surface area (Å²) >= 11 is 6.78. The zero-order valence-corrected chi connectivity index (χ0v) is 19.8. The van der Waals surface area contributed by atoms with Crippen LogP contribution in [0, 0.1) is 17.5 Å². The Balaban J connectivity index is 1.46. The van der Waals surface area contributed by atoms with Crippen molar-refractivity contribution in [2.45, 2.75) is 6.61 Å². The zero-order chi connectivity index (χ0) is 25.8. The van der Waals surface area contributed by atoms with E-state index in [4.69, 9.17) is 16.3 Å². The van der Waals surface area contributed by atoms with E-state index < -0.39 is 46.7 Å². The van der Waals surface area contributed by atoms with Gasteiger partial charge in [0.05, 0.1) is 10.6 Å². The van der Waals surface area contributed by atoms with Gasteiger partial charge in [-0.1, -0.05) is 48.0 Å². The van der Waals surface area contributed by atoms with Gasteiger partial charge in [-0.05, 0) is 42.1 Å². The third-order valence-corrected chi connectivity index (χ3v) is 6.31. The van der Waals surface area contributed by atoms with Gasteiger partial charge < -0.3 is 10.1 Å². The highest BCUT2D eigenvalue weighted by molar-refractivity contribution is 8.18. The Morgan fingerprint density at radius 2 is 1.72 bits per heavy atom. The molecule has 1 aliphatic rings. The summed E-state index contributed by atoms with van der Waals surface area (Å²) in [6, 6.07) is 15.5. The molecule has 1 saturated heterocycles. The van der Waals surface area contributed by atoms with E-state index in [1.807, 2.05) is 17.4 Å². The van der Waals surface area contributed by atoms with E-state index in [-0.39, 0.29) is 11.5 Å². The molecule has 0 aliphatic carbocycles. The van der Waals surface area contributed by atoms with Crippen LogP contribution in [0.1, 0.15) is 11.1 Å². The van der Waals surface area contributed by atoms with Crippen molar-refractivity contribution in [3.63, 3.8) is 0 Å². The second kappa shape index (κ2) is 10.9. The highest BCUT2D eigenvalue weighted by Crippen LogP contribution is 2.34. The minimum Gasteiger partial charge on any atom is -0.488 e. The smallest absolute Gasteiger partial charge is 0.294 e. The summed E-state index contributed by atoms with van der Waals surface area (Å²) in [7, 11) is 0. The van der Waals surface area contributed by atoms with E-state index in [0.717, 1.165) is 11.6 Å². The quantitative estimate of drug-likeness (QED) is 0.298. The molecular weight excluding hydrogens is 517 g/mol. The van der Waals surface area contributed by atoms with Crippen molar-refractivity contribution in [1.82, 2.24) is 4.90 Å². The molecule has 3 amide bonds. The lowest BCUT2D eigenvalue weighted by molar-refractivity contribution is -0.127. The number of halogens is 4. The van der Waals surface area contributed by atoms with E-state index in [1.165, 1.54) is 6.08 Å². The first-order valence-electron chi connectivity index (χ1n) is 10.4. The minimum absolute atomic E-state index is 0.0422. The Bertz CT molecular complexity index is 1400. The van der Waals surface area contributed by atoms with E-state index in [2.05, 4.69) is 0 Å². The number of anilines is 1. The van der Waals surface area contributed by atoms with Gasteiger partial charge in [0.25, 0.3) is 11.1 Å². The molecule has 36 heavy (non-hydrogen) atoms. The third-order valence-electron chi connectivity index (χ3n) is 5.03. The molecule has 0 atom stereocenters. The number of nitrogens with one attached hydrogen (secondary N) is 1. The number of rotatable bonds is 7. The van der Waals surface area contributed by atoms with Crippen LogP contribution in [0.3, 0.4) is 0 Å². The SMILES string of the molecule is O=C(CN1C(=O)S/C(=C/c2ccccc2OCc2ccccc2Cl)C1=O)Nc1ccc(F)c(F)c1F. The monoisotopic (exact) mass is 532 g/mol. The number of carbonyl (C=O) groups excluding carboxylic acids is 3. The number of ether oxygens (including phenoxy) is 1. The number of para-hydroxylation sites is 1. The first-order chi connectivity index (χ1) is 17.2. The number of hydrogen-bond donors (Lipinski definition) is 1. The summed E-state index contributed by atoms with van der Waals surface area (Å²) in [5.41, 5.74) is 0.659. The van der Waals surface area contributed by atoms with Crippen LogP contribution < -0.4 is 10.1 Å². The molecule has 0 aromatic heterocycles. The van der Waals surface area contributed by atoms with Crippen LogP contribution in [0.4, 0.5) is 23.7 Å². The Labute approximate surface area is 212 Å². The predicted molar refractivity (Wildman–Crippen MR) is 130 cm³/mol. The average molecular weight is 533 g/mol. The van der Waals surface area contributed by atoms with Crippen molar-refractivity contribution in [2.75, 3.05) is 11.9 Å². The molecular formula is C25H16ClF3N2O4S. The summed E-state index contributed by atoms with van der Waals surface area (Å²) in [4.78, 5) is 38.2. The van der Waals surface area contributed by atoms with Crippen molar-refractivity contribution in [1.29, 1.82) is 0 Å². The van der Waals surface area contributed by atoms with E-state index in [9.17, 15) is 27.6 Å². The molecule has 3 aromatic rings. The first-order valence-corrected chi connectivity index (χ1v) is 11.6. The molecule has 184 valence electrons. The number of carbonyl (C=O) groups is 3. The highest BCUT2D eigenvalue weighted by Gasteiger charge is 2.36. The van der Waals surface area contributed by atoms with Gasteiger partial charge in [-0.2, -0.15) is 0 Å². The van der Waals surface area contributed by atoms with Crippen LogP contribution in [0.5, 0.6) is 5.75 Å². The molecule has 0 radical (unpaired) electrons. The zero-order valence-electron chi connectivity index (χ0n) is 18.3. The van der Waals surface area contributed by atoms with Gasteiger partial charge in [0, 0.05) is 16.1 Å². The summed E-state index contributed by atoms with van der Waals surface area (Å²) < 4.78 is 46.1. The maximum Gasteiger partial charge on any atom is 0.294 e. The molecule has 1 aliphatic heterocycles. The Kier molecular flexibility index (Phi) is 7.66. The van der Waals surface area contributed by atoms with Crippen molar-refractivity contribution < 1.29 is 32.3 Å². The molecule has 3 aromatic carbocycles. The van der Waals surface area contributed by atoms with Gasteiger partial charge in [-0.3, -0.25) is 19.3 Å². The largest absolute Gasteiger partial charge is 0.488 e. The Morgan fingerprint density at radius 1 is 1.00 bits per heavy atom. The topological polar surface area (TPSA) is 75.7 Å². The van der Waals surface area contributed by atoms with Crippen LogP contribution >= 0.6 is 23.4 Å². The van der Waals surface area contributed by atoms with Gasteiger partial charge in [0.1, 0.15) is 18.9 Å². The molecule has 0 bridgehead atoms. The molecule has 1 fully saturated rings. The average Bonchev–Trinajstić information content (AvgIpc) is 3.12. The van der Waals surface area contributed by atoms with Crippen molar-refractivity contribution in [3.05, 3.63) is 99.2 Å². The van der Waals surface area contributed by atoms with Gasteiger partial charge >= 0.3 is 0 Å². The summed E-state index contributed by atoms with van der Waals surface area (Å²) in [5.74, 6) is -6.03. The second-order valence-corrected chi connectivity index (χ2v) is 8.86. The number of hydrogen-bond acceptors (Lipinski definition) is 5. The van der Waals surface area contributed by atoms with Crippen LogP contribution in [0.2, 0.25) is 5.02 Å². The molecule has 1 heterocycles. The lowest BCUT2D eigenvalue weighted by Gasteiger charge is -2.13. The fourth-order valence-corrected chi connectivity index (χ4v) is 4.25. The molecule has 0 unspecified atom stereocenters. The van der Waals surface area contributed by atoms with E-state index >= 15 is 0 Å². The van der Waals surface area contributed by atoms with Crippen LogP contribution in [-0.2, 0) is 16.2 Å². The minimum atomic E-state index is -1.75. The lowest BCUT2D eigenvalue weighted by atomic mass is 10.1. The molecule has 6 nitrogen and oxygen atoms in total. The summed E-state index contributed by atoms with van der Waals surface area (Å²) in [6.45, 7) is -0.572. The standard InChI is InChI=1S/C25H16ClF3N2O4S/c26-16-7-3-1-6-15(16)13-35-19-8-4-2-5-14(19)11-20-24(33)31(25(34)36-20)12-21(32)30-18-10-9-17(27)22(28)23(18)29/h1-11H,12-13H2,(H,30,32)/b20-11+. The lowest BCUT2D eigenvalue weighted by Crippen LogP contribution is -2.36. The maximum atomic E-state index is 13.8. The molecule has 0 spiro atoms. The fourth-order valence-electron chi connectivity index (χ4n) is 3.24. The Morgan fingerprint density at radius 3 is 2.50 bits per heavy atom. The van der Waals surface area contributed by atoms with Gasteiger partial charge in [-0.25, -0.2) is 13.2 Å². The first kappa shape index (κ1) is 25.3. The number of thioether (sulfide) groups is 1. The van der Waals surface area contributed by atoms with Crippen LogP contribution in [0.25, 0.3) is 6.08 Å². The molecule has 4 rings (SSSR count). The molecule has 0 saturated carbocycles. The highest BCUT2D eigenvalue weighted by atomic mass is 35.5. The van der Waals surface area contributed by atoms with Crippen LogP contribution in [0.15, 0.2) is 65.6 Å². The molecule has 11 heteroatoms. The number of amides is 3. The predicted octanol–water partition coefficient (Wildman–Crippen LogP) is 6.01. The van der Waals surface area contributed by atoms with Crippen LogP contribution in [-0.4, -0.2) is 28.5 Å². The van der Waals surface area contributed by atoms with Crippen molar-refractivity contribution in [3.8, 4) is 5.75 Å². The van der Waals surface area contributed by atoms with Gasteiger partial charge in [-0.15, -0.1) is 0 Å². The third kappa shape index (κ3) is 5.55. The van der Waals surface area contributed by atoms with Crippen molar-refractivity contribution >= 4 is 52.2 Å². The normalized spacial score (nSPS) is 14.4. The van der Waals surface area contributed by atoms with Gasteiger partial charge in [0.15, 0.2) is 17.5 Å². The van der Waals surface area contributed by atoms with E-state index in [0.29, 0.717) is 39.1 Å². The Hall–Kier alpha value is -3.76. The van der Waals surface area contributed by atoms with Crippen molar-refractivity contribution in [2.24, 2.45) is 0 Å². The second-order valence-electron chi connectivity index (χ2n) is 7.46. The number of imide groups is 1.